The molecule has 4 rings (SSSR count). The van der Waals surface area contributed by atoms with Crippen LogP contribution < -0.4 is 0 Å². The van der Waals surface area contributed by atoms with E-state index in [9.17, 15) is 0 Å². The molecule has 2 heterocycles. The lowest BCUT2D eigenvalue weighted by Crippen LogP contribution is -1.98. The van der Waals surface area contributed by atoms with Crippen molar-refractivity contribution in [3.63, 3.8) is 0 Å². The fourth-order valence-corrected chi connectivity index (χ4v) is 4.33. The first-order valence-electron chi connectivity index (χ1n) is 10.4. The van der Waals surface area contributed by atoms with Gasteiger partial charge in [0.25, 0.3) is 0 Å². The second-order valence-corrected chi connectivity index (χ2v) is 8.41. The highest BCUT2D eigenvalue weighted by atomic mass is 14.8. The van der Waals surface area contributed by atoms with Crippen LogP contribution in [0.15, 0.2) is 60.7 Å². The van der Waals surface area contributed by atoms with Gasteiger partial charge in [0.15, 0.2) is 0 Å². The molecule has 0 atom stereocenters. The minimum Gasteiger partial charge on any atom is -0.253 e. The highest BCUT2D eigenvalue weighted by molar-refractivity contribution is 5.83. The third-order valence-electron chi connectivity index (χ3n) is 5.50. The second kappa shape index (κ2) is 7.87. The molecule has 0 radical (unpaired) electrons. The average Bonchev–Trinajstić information content (AvgIpc) is 2.66. The van der Waals surface area contributed by atoms with Crippen LogP contribution in [0.1, 0.15) is 33.5 Å². The highest BCUT2D eigenvalue weighted by Gasteiger charge is 2.15. The standard InChI is InChI=1S/C28H28N2/c1-17-12-18(2)15-23(14-17)28-24(26-16-19(3)13-22(6)29-26)10-11-25(30-28)27-20(4)8-7-9-21(27)5/h7-16H,1-6H3. The van der Waals surface area contributed by atoms with E-state index in [2.05, 4.69) is 95.3 Å². The molecule has 0 spiro atoms. The molecule has 0 saturated heterocycles. The summed E-state index contributed by atoms with van der Waals surface area (Å²) in [6.45, 7) is 12.7. The molecule has 150 valence electrons. The number of aryl methyl sites for hydroxylation is 6. The summed E-state index contributed by atoms with van der Waals surface area (Å²) in [5, 5.41) is 0. The zero-order chi connectivity index (χ0) is 21.4. The number of hydrogen-bond donors (Lipinski definition) is 0. The Morgan fingerprint density at radius 2 is 1.20 bits per heavy atom. The molecule has 0 aliphatic carbocycles. The summed E-state index contributed by atoms with van der Waals surface area (Å²) < 4.78 is 0. The number of nitrogens with zero attached hydrogens (tertiary/aromatic N) is 2. The Kier molecular flexibility index (Phi) is 5.26. The van der Waals surface area contributed by atoms with Crippen molar-refractivity contribution in [1.82, 2.24) is 9.97 Å². The highest BCUT2D eigenvalue weighted by Crippen LogP contribution is 2.35. The number of pyridine rings is 2. The number of rotatable bonds is 3. The van der Waals surface area contributed by atoms with Crippen molar-refractivity contribution in [2.24, 2.45) is 0 Å². The summed E-state index contributed by atoms with van der Waals surface area (Å²) in [6, 6.07) is 21.6. The maximum absolute atomic E-state index is 5.21. The van der Waals surface area contributed by atoms with Crippen molar-refractivity contribution in [3.8, 4) is 33.8 Å². The van der Waals surface area contributed by atoms with E-state index in [1.165, 1.54) is 33.4 Å². The lowest BCUT2D eigenvalue weighted by molar-refractivity contribution is 1.17. The Hall–Kier alpha value is -3.26. The van der Waals surface area contributed by atoms with Gasteiger partial charge in [-0.2, -0.15) is 0 Å². The molecule has 0 amide bonds. The van der Waals surface area contributed by atoms with Gasteiger partial charge in [-0.05, 0) is 94.6 Å². The molecule has 2 nitrogen and oxygen atoms in total. The SMILES string of the molecule is Cc1cc(C)cc(-c2nc(-c3c(C)cccc3C)ccc2-c2cc(C)cc(C)n2)c1. The lowest BCUT2D eigenvalue weighted by atomic mass is 9.95. The van der Waals surface area contributed by atoms with Crippen LogP contribution in [-0.2, 0) is 0 Å². The molecular formula is C28H28N2. The molecule has 0 unspecified atom stereocenters. The third kappa shape index (κ3) is 3.91. The maximum Gasteiger partial charge on any atom is 0.0803 e. The van der Waals surface area contributed by atoms with Crippen LogP contribution in [0.4, 0.5) is 0 Å². The van der Waals surface area contributed by atoms with E-state index in [1.54, 1.807) is 0 Å². The first-order valence-corrected chi connectivity index (χ1v) is 10.4. The van der Waals surface area contributed by atoms with Gasteiger partial charge in [-0.15, -0.1) is 0 Å². The van der Waals surface area contributed by atoms with Gasteiger partial charge >= 0.3 is 0 Å². The molecule has 4 aromatic rings. The van der Waals surface area contributed by atoms with Gasteiger partial charge in [0.05, 0.1) is 17.1 Å². The minimum atomic E-state index is 0.974. The number of aromatic nitrogens is 2. The van der Waals surface area contributed by atoms with Gasteiger partial charge in [0.2, 0.25) is 0 Å². The average molecular weight is 393 g/mol. The molecule has 0 aliphatic rings. The third-order valence-corrected chi connectivity index (χ3v) is 5.50. The first kappa shape index (κ1) is 20.0. The minimum absolute atomic E-state index is 0.974. The second-order valence-electron chi connectivity index (χ2n) is 8.41. The Labute approximate surface area is 179 Å². The van der Waals surface area contributed by atoms with E-state index < -0.39 is 0 Å². The summed E-state index contributed by atoms with van der Waals surface area (Å²) in [7, 11) is 0. The largest absolute Gasteiger partial charge is 0.253 e. The Bertz CT molecular complexity index is 1190. The van der Waals surface area contributed by atoms with E-state index in [0.29, 0.717) is 0 Å². The van der Waals surface area contributed by atoms with Gasteiger partial charge in [-0.3, -0.25) is 4.98 Å². The first-order chi connectivity index (χ1) is 14.3. The van der Waals surface area contributed by atoms with E-state index in [1.807, 2.05) is 6.92 Å². The van der Waals surface area contributed by atoms with Crippen LogP contribution in [0, 0.1) is 41.5 Å². The van der Waals surface area contributed by atoms with Gasteiger partial charge in [0, 0.05) is 22.4 Å². The predicted molar refractivity (Wildman–Crippen MR) is 127 cm³/mol. The smallest absolute Gasteiger partial charge is 0.0803 e. The molecule has 2 aromatic carbocycles. The quantitative estimate of drug-likeness (QED) is 0.365. The molecule has 0 fully saturated rings. The summed E-state index contributed by atoms with van der Waals surface area (Å²) >= 11 is 0. The summed E-state index contributed by atoms with van der Waals surface area (Å²) in [5.41, 5.74) is 13.6. The van der Waals surface area contributed by atoms with Gasteiger partial charge in [-0.25, -0.2) is 4.98 Å². The topological polar surface area (TPSA) is 25.8 Å². The zero-order valence-electron chi connectivity index (χ0n) is 18.7. The van der Waals surface area contributed by atoms with Crippen LogP contribution in [0.3, 0.4) is 0 Å². The van der Waals surface area contributed by atoms with E-state index in [0.717, 1.165) is 33.9 Å². The van der Waals surface area contributed by atoms with Crippen LogP contribution in [0.5, 0.6) is 0 Å². The van der Waals surface area contributed by atoms with Crippen LogP contribution in [-0.4, -0.2) is 9.97 Å². The van der Waals surface area contributed by atoms with Crippen LogP contribution in [0.25, 0.3) is 33.8 Å². The molecular weight excluding hydrogens is 364 g/mol. The van der Waals surface area contributed by atoms with Gasteiger partial charge in [-0.1, -0.05) is 35.4 Å². The Morgan fingerprint density at radius 1 is 0.567 bits per heavy atom. The Balaban J connectivity index is 2.01. The van der Waals surface area contributed by atoms with Crippen molar-refractivity contribution in [1.29, 1.82) is 0 Å². The molecule has 30 heavy (non-hydrogen) atoms. The van der Waals surface area contributed by atoms with E-state index in [4.69, 9.17) is 9.97 Å². The molecule has 0 N–H and O–H groups in total. The van der Waals surface area contributed by atoms with Crippen molar-refractivity contribution >= 4 is 0 Å². The molecule has 0 bridgehead atoms. The summed E-state index contributed by atoms with van der Waals surface area (Å²) in [6.07, 6.45) is 0. The normalized spacial score (nSPS) is 11.0. The summed E-state index contributed by atoms with van der Waals surface area (Å²) in [4.78, 5) is 10.0. The fourth-order valence-electron chi connectivity index (χ4n) is 4.33. The number of benzene rings is 2. The predicted octanol–water partition coefficient (Wildman–Crippen LogP) is 7.33. The fraction of sp³-hybridized carbons (Fsp3) is 0.214. The Morgan fingerprint density at radius 3 is 1.83 bits per heavy atom. The maximum atomic E-state index is 5.21. The van der Waals surface area contributed by atoms with E-state index in [-0.39, 0.29) is 0 Å². The zero-order valence-corrected chi connectivity index (χ0v) is 18.7. The molecule has 0 aliphatic heterocycles. The lowest BCUT2D eigenvalue weighted by Gasteiger charge is -2.15. The van der Waals surface area contributed by atoms with E-state index >= 15 is 0 Å². The molecule has 2 heteroatoms. The van der Waals surface area contributed by atoms with Gasteiger partial charge in [0.1, 0.15) is 0 Å². The molecule has 2 aromatic heterocycles. The molecule has 0 saturated carbocycles. The van der Waals surface area contributed by atoms with Gasteiger partial charge < -0.3 is 0 Å². The van der Waals surface area contributed by atoms with Crippen molar-refractivity contribution in [2.45, 2.75) is 41.5 Å². The number of hydrogen-bond acceptors (Lipinski definition) is 2. The van der Waals surface area contributed by atoms with Crippen molar-refractivity contribution < 1.29 is 0 Å². The summed E-state index contributed by atoms with van der Waals surface area (Å²) in [5.74, 6) is 0. The van der Waals surface area contributed by atoms with Crippen LogP contribution in [0.2, 0.25) is 0 Å². The van der Waals surface area contributed by atoms with Crippen molar-refractivity contribution in [3.05, 3.63) is 94.2 Å². The monoisotopic (exact) mass is 392 g/mol. The van der Waals surface area contributed by atoms with Crippen molar-refractivity contribution in [2.75, 3.05) is 0 Å². The van der Waals surface area contributed by atoms with Crippen LogP contribution >= 0.6 is 0 Å².